The summed E-state index contributed by atoms with van der Waals surface area (Å²) in [6.45, 7) is 0. The van der Waals surface area contributed by atoms with E-state index < -0.39 is 5.91 Å². The van der Waals surface area contributed by atoms with E-state index in [1.54, 1.807) is 6.07 Å². The summed E-state index contributed by atoms with van der Waals surface area (Å²) in [6.07, 6.45) is 0. The van der Waals surface area contributed by atoms with Gasteiger partial charge in [-0.3, -0.25) is 4.79 Å². The number of nitrogens with one attached hydrogen (secondary N) is 1. The van der Waals surface area contributed by atoms with Crippen molar-refractivity contribution in [1.29, 1.82) is 0 Å². The average Bonchev–Trinajstić information content (AvgIpc) is 2.32. The minimum atomic E-state index is -0.581. The van der Waals surface area contributed by atoms with Crippen LogP contribution in [0.5, 0.6) is 0 Å². The van der Waals surface area contributed by atoms with Gasteiger partial charge in [-0.2, -0.15) is 0 Å². The molecule has 2 rings (SSSR count). The van der Waals surface area contributed by atoms with E-state index in [1.165, 1.54) is 6.07 Å². The van der Waals surface area contributed by atoms with E-state index in [4.69, 9.17) is 23.1 Å². The van der Waals surface area contributed by atoms with Gasteiger partial charge in [0.1, 0.15) is 0 Å². The molecule has 6 heteroatoms. The van der Waals surface area contributed by atoms with E-state index in [0.29, 0.717) is 16.4 Å². The monoisotopic (exact) mass is 387 g/mol. The van der Waals surface area contributed by atoms with Crippen LogP contribution in [-0.4, -0.2) is 5.91 Å². The van der Waals surface area contributed by atoms with Crippen LogP contribution in [0.1, 0.15) is 10.4 Å². The molecular weight excluding hydrogens is 377 g/mol. The van der Waals surface area contributed by atoms with Gasteiger partial charge in [0, 0.05) is 14.9 Å². The normalized spacial score (nSPS) is 10.2. The van der Waals surface area contributed by atoms with Gasteiger partial charge in [-0.1, -0.05) is 17.7 Å². The van der Waals surface area contributed by atoms with Gasteiger partial charge in [-0.05, 0) is 52.9 Å². The van der Waals surface area contributed by atoms with Crippen molar-refractivity contribution < 1.29 is 4.79 Å². The lowest BCUT2D eigenvalue weighted by molar-refractivity contribution is 0.100. The molecule has 2 aromatic rings. The van der Waals surface area contributed by atoms with Gasteiger partial charge in [0.2, 0.25) is 0 Å². The second kappa shape index (κ2) is 5.66. The van der Waals surface area contributed by atoms with Crippen molar-refractivity contribution in [3.05, 3.63) is 50.6 Å². The van der Waals surface area contributed by atoms with Crippen LogP contribution >= 0.6 is 34.2 Å². The second-order valence-electron chi connectivity index (χ2n) is 3.92. The van der Waals surface area contributed by atoms with Gasteiger partial charge in [-0.25, -0.2) is 0 Å². The fraction of sp³-hybridized carbons (Fsp3) is 0. The Hall–Kier alpha value is -1.47. The number of rotatable bonds is 3. The van der Waals surface area contributed by atoms with Crippen LogP contribution in [0.2, 0.25) is 5.02 Å². The Bertz CT molecular complexity index is 646. The van der Waals surface area contributed by atoms with Gasteiger partial charge in [0.15, 0.2) is 0 Å². The fourth-order valence-corrected chi connectivity index (χ4v) is 2.48. The van der Waals surface area contributed by atoms with Crippen LogP contribution in [0.25, 0.3) is 0 Å². The Morgan fingerprint density at radius 1 is 1.26 bits per heavy atom. The van der Waals surface area contributed by atoms with E-state index >= 15 is 0 Å². The van der Waals surface area contributed by atoms with Crippen molar-refractivity contribution in [1.82, 2.24) is 0 Å². The molecule has 0 aliphatic carbocycles. The molecule has 4 nitrogen and oxygen atoms in total. The predicted molar refractivity (Wildman–Crippen MR) is 86.8 cm³/mol. The molecule has 0 atom stereocenters. The first-order valence-corrected chi connectivity index (χ1v) is 6.84. The Morgan fingerprint density at radius 3 is 2.63 bits per heavy atom. The number of nitrogens with two attached hydrogens (primary N) is 2. The zero-order valence-electron chi connectivity index (χ0n) is 9.78. The standard InChI is InChI=1S/C13H11ClIN3O/c14-11-6-8(16)5-10(13(17)19)12(11)18-9-3-1-2-7(15)4-9/h1-6,18H,16H2,(H2,17,19). The Morgan fingerprint density at radius 2 is 2.00 bits per heavy atom. The van der Waals surface area contributed by atoms with Crippen molar-refractivity contribution in [2.24, 2.45) is 5.73 Å². The lowest BCUT2D eigenvalue weighted by Crippen LogP contribution is -2.14. The maximum Gasteiger partial charge on any atom is 0.250 e. The summed E-state index contributed by atoms with van der Waals surface area (Å²) in [5.74, 6) is -0.581. The predicted octanol–water partition coefficient (Wildman–Crippen LogP) is 3.37. The molecule has 1 amide bonds. The van der Waals surface area contributed by atoms with E-state index in [1.807, 2.05) is 24.3 Å². The van der Waals surface area contributed by atoms with Gasteiger partial charge < -0.3 is 16.8 Å². The van der Waals surface area contributed by atoms with Gasteiger partial charge >= 0.3 is 0 Å². The molecule has 0 saturated carbocycles. The lowest BCUT2D eigenvalue weighted by Gasteiger charge is -2.13. The Labute approximate surface area is 129 Å². The van der Waals surface area contributed by atoms with Crippen molar-refractivity contribution in [3.8, 4) is 0 Å². The van der Waals surface area contributed by atoms with Crippen molar-refractivity contribution >= 4 is 57.2 Å². The van der Waals surface area contributed by atoms with Crippen molar-refractivity contribution in [2.45, 2.75) is 0 Å². The van der Waals surface area contributed by atoms with Gasteiger partial charge in [0.05, 0.1) is 16.3 Å². The summed E-state index contributed by atoms with van der Waals surface area (Å²) in [4.78, 5) is 11.4. The number of carbonyl (C=O) groups excluding carboxylic acids is 1. The van der Waals surface area contributed by atoms with Crippen LogP contribution in [0.4, 0.5) is 17.1 Å². The van der Waals surface area contributed by atoms with Crippen LogP contribution < -0.4 is 16.8 Å². The highest BCUT2D eigenvalue weighted by Crippen LogP contribution is 2.31. The molecule has 0 radical (unpaired) electrons. The lowest BCUT2D eigenvalue weighted by atomic mass is 10.1. The van der Waals surface area contributed by atoms with Crippen molar-refractivity contribution in [2.75, 3.05) is 11.1 Å². The number of carbonyl (C=O) groups is 1. The number of hydrogen-bond donors (Lipinski definition) is 3. The maximum absolute atomic E-state index is 11.4. The van der Waals surface area contributed by atoms with E-state index in [2.05, 4.69) is 27.9 Å². The summed E-state index contributed by atoms with van der Waals surface area (Å²) in [5, 5.41) is 3.45. The third-order valence-electron chi connectivity index (χ3n) is 2.47. The molecule has 0 saturated heterocycles. The maximum atomic E-state index is 11.4. The zero-order valence-corrected chi connectivity index (χ0v) is 12.7. The first-order chi connectivity index (χ1) is 8.97. The molecule has 2 aromatic carbocycles. The molecule has 0 unspecified atom stereocenters. The third kappa shape index (κ3) is 3.30. The molecule has 0 bridgehead atoms. The van der Waals surface area contributed by atoms with Crippen LogP contribution in [0.15, 0.2) is 36.4 Å². The molecule has 0 aliphatic rings. The average molecular weight is 388 g/mol. The number of anilines is 3. The minimum absolute atomic E-state index is 0.267. The molecule has 19 heavy (non-hydrogen) atoms. The number of benzene rings is 2. The van der Waals surface area contributed by atoms with E-state index in [0.717, 1.165) is 9.26 Å². The molecule has 98 valence electrons. The van der Waals surface area contributed by atoms with Crippen molar-refractivity contribution in [3.63, 3.8) is 0 Å². The quantitative estimate of drug-likeness (QED) is 0.558. The first-order valence-electron chi connectivity index (χ1n) is 5.39. The summed E-state index contributed by atoms with van der Waals surface area (Å²) in [6, 6.07) is 10.7. The number of nitrogen functional groups attached to an aromatic ring is 1. The van der Waals surface area contributed by atoms with Gasteiger partial charge in [-0.15, -0.1) is 0 Å². The number of halogens is 2. The third-order valence-corrected chi connectivity index (χ3v) is 3.44. The Balaban J connectivity index is 2.47. The first kappa shape index (κ1) is 14.0. The molecule has 0 fully saturated rings. The Kier molecular flexibility index (Phi) is 4.16. The van der Waals surface area contributed by atoms with Crippen LogP contribution in [0, 0.1) is 3.57 Å². The minimum Gasteiger partial charge on any atom is -0.399 e. The molecule has 0 aliphatic heterocycles. The highest BCUT2D eigenvalue weighted by atomic mass is 127. The number of hydrogen-bond acceptors (Lipinski definition) is 3. The summed E-state index contributed by atoms with van der Waals surface area (Å²) in [7, 11) is 0. The highest BCUT2D eigenvalue weighted by molar-refractivity contribution is 14.1. The molecule has 5 N–H and O–H groups in total. The SMILES string of the molecule is NC(=O)c1cc(N)cc(Cl)c1Nc1cccc(I)c1. The van der Waals surface area contributed by atoms with Gasteiger partial charge in [0.25, 0.3) is 5.91 Å². The smallest absolute Gasteiger partial charge is 0.250 e. The van der Waals surface area contributed by atoms with E-state index in [9.17, 15) is 4.79 Å². The largest absolute Gasteiger partial charge is 0.399 e. The molecule has 0 aromatic heterocycles. The van der Waals surface area contributed by atoms with E-state index in [-0.39, 0.29) is 5.56 Å². The number of amides is 1. The summed E-state index contributed by atoms with van der Waals surface area (Å²) in [5.41, 5.74) is 13.0. The summed E-state index contributed by atoms with van der Waals surface area (Å²) >= 11 is 8.32. The summed E-state index contributed by atoms with van der Waals surface area (Å²) < 4.78 is 1.06. The fourth-order valence-electron chi connectivity index (χ4n) is 1.66. The molecule has 0 spiro atoms. The van der Waals surface area contributed by atoms with Crippen LogP contribution in [0.3, 0.4) is 0 Å². The second-order valence-corrected chi connectivity index (χ2v) is 5.58. The van der Waals surface area contributed by atoms with Crippen LogP contribution in [-0.2, 0) is 0 Å². The molecular formula is C13H11ClIN3O. The molecule has 0 heterocycles. The topological polar surface area (TPSA) is 81.1 Å². The zero-order chi connectivity index (χ0) is 14.0. The highest BCUT2D eigenvalue weighted by Gasteiger charge is 2.13. The number of primary amides is 1.